The molecule has 0 radical (unpaired) electrons. The van der Waals surface area contributed by atoms with Gasteiger partial charge in [0.1, 0.15) is 5.75 Å². The van der Waals surface area contributed by atoms with E-state index in [-0.39, 0.29) is 19.1 Å². The maximum absolute atomic E-state index is 12.2. The first-order valence-corrected chi connectivity index (χ1v) is 7.44. The van der Waals surface area contributed by atoms with Gasteiger partial charge in [-0.2, -0.15) is 0 Å². The summed E-state index contributed by atoms with van der Waals surface area (Å²) in [5.41, 5.74) is 2.96. The Bertz CT molecular complexity index is 727. The van der Waals surface area contributed by atoms with Gasteiger partial charge >= 0.3 is 0 Å². The first-order valence-electron chi connectivity index (χ1n) is 7.44. The lowest BCUT2D eigenvalue weighted by molar-refractivity contribution is -0.120. The van der Waals surface area contributed by atoms with Gasteiger partial charge in [-0.3, -0.25) is 4.79 Å². The monoisotopic (exact) mass is 313 g/mol. The van der Waals surface area contributed by atoms with Gasteiger partial charge in [0.2, 0.25) is 12.7 Å². The summed E-state index contributed by atoms with van der Waals surface area (Å²) in [4.78, 5) is 12.2. The molecule has 3 rings (SSSR count). The number of nitrogens with one attached hydrogen (secondary N) is 1. The summed E-state index contributed by atoms with van der Waals surface area (Å²) in [7, 11) is 1.61. The maximum Gasteiger partial charge on any atom is 0.231 e. The van der Waals surface area contributed by atoms with Crippen molar-refractivity contribution in [1.82, 2.24) is 5.32 Å². The van der Waals surface area contributed by atoms with Crippen LogP contribution in [0.25, 0.3) is 0 Å². The minimum atomic E-state index is -0.0495. The van der Waals surface area contributed by atoms with E-state index in [2.05, 4.69) is 5.32 Å². The van der Waals surface area contributed by atoms with Gasteiger partial charge in [-0.05, 0) is 30.7 Å². The number of ether oxygens (including phenoxy) is 3. The Morgan fingerprint density at radius 1 is 1.17 bits per heavy atom. The second-order valence-electron chi connectivity index (χ2n) is 5.46. The van der Waals surface area contributed by atoms with Gasteiger partial charge < -0.3 is 19.5 Å². The van der Waals surface area contributed by atoms with Crippen LogP contribution in [0.5, 0.6) is 17.2 Å². The van der Waals surface area contributed by atoms with Crippen LogP contribution >= 0.6 is 0 Å². The number of amides is 1. The zero-order chi connectivity index (χ0) is 16.2. The van der Waals surface area contributed by atoms with Crippen molar-refractivity contribution in [2.75, 3.05) is 13.9 Å². The van der Waals surface area contributed by atoms with Crippen LogP contribution in [0, 0.1) is 6.92 Å². The normalized spacial score (nSPS) is 12.1. The molecule has 120 valence electrons. The van der Waals surface area contributed by atoms with Gasteiger partial charge in [-0.25, -0.2) is 0 Å². The fraction of sp³-hybridized carbons (Fsp3) is 0.278. The molecule has 5 heteroatoms. The minimum Gasteiger partial charge on any atom is -0.496 e. The standard InChI is InChI=1S/C18H19NO4/c1-12-3-5-15(21-2)14(7-12)9-18(20)19-10-13-4-6-16-17(8-13)23-11-22-16/h3-8H,9-11H2,1-2H3,(H,19,20). The van der Waals surface area contributed by atoms with E-state index in [0.29, 0.717) is 6.54 Å². The summed E-state index contributed by atoms with van der Waals surface area (Å²) in [5, 5.41) is 2.92. The highest BCUT2D eigenvalue weighted by Crippen LogP contribution is 2.32. The maximum atomic E-state index is 12.2. The van der Waals surface area contributed by atoms with Crippen molar-refractivity contribution in [3.8, 4) is 17.2 Å². The van der Waals surface area contributed by atoms with Crippen LogP contribution in [0.3, 0.4) is 0 Å². The molecule has 0 fully saturated rings. The predicted molar refractivity (Wildman–Crippen MR) is 85.8 cm³/mol. The van der Waals surface area contributed by atoms with E-state index in [9.17, 15) is 4.79 Å². The fourth-order valence-electron chi connectivity index (χ4n) is 2.53. The molecule has 0 aromatic heterocycles. The van der Waals surface area contributed by atoms with Gasteiger partial charge in [-0.15, -0.1) is 0 Å². The van der Waals surface area contributed by atoms with Crippen molar-refractivity contribution in [2.24, 2.45) is 0 Å². The van der Waals surface area contributed by atoms with E-state index >= 15 is 0 Å². The van der Waals surface area contributed by atoms with E-state index in [1.165, 1.54) is 0 Å². The van der Waals surface area contributed by atoms with E-state index in [1.54, 1.807) is 7.11 Å². The molecule has 1 aliphatic heterocycles. The fourth-order valence-corrected chi connectivity index (χ4v) is 2.53. The number of carbonyl (C=O) groups excluding carboxylic acids is 1. The predicted octanol–water partition coefficient (Wildman–Crippen LogP) is 2.59. The van der Waals surface area contributed by atoms with Crippen LogP contribution in [0.4, 0.5) is 0 Å². The molecular weight excluding hydrogens is 294 g/mol. The van der Waals surface area contributed by atoms with E-state index in [0.717, 1.165) is 33.9 Å². The van der Waals surface area contributed by atoms with Crippen LogP contribution in [0.15, 0.2) is 36.4 Å². The summed E-state index contributed by atoms with van der Waals surface area (Å²) < 4.78 is 15.9. The molecule has 1 heterocycles. The highest BCUT2D eigenvalue weighted by molar-refractivity contribution is 5.79. The van der Waals surface area contributed by atoms with Crippen molar-refractivity contribution in [2.45, 2.75) is 19.9 Å². The lowest BCUT2D eigenvalue weighted by atomic mass is 10.1. The molecule has 0 spiro atoms. The second-order valence-corrected chi connectivity index (χ2v) is 5.46. The van der Waals surface area contributed by atoms with E-state index in [1.807, 2.05) is 43.3 Å². The smallest absolute Gasteiger partial charge is 0.231 e. The van der Waals surface area contributed by atoms with Crippen LogP contribution in [0.1, 0.15) is 16.7 Å². The zero-order valence-corrected chi connectivity index (χ0v) is 13.2. The van der Waals surface area contributed by atoms with Crippen molar-refractivity contribution >= 4 is 5.91 Å². The first kappa shape index (κ1) is 15.2. The molecule has 1 amide bonds. The molecule has 5 nitrogen and oxygen atoms in total. The number of hydrogen-bond donors (Lipinski definition) is 1. The molecule has 0 saturated carbocycles. The average molecular weight is 313 g/mol. The van der Waals surface area contributed by atoms with Gasteiger partial charge in [0, 0.05) is 12.1 Å². The molecule has 1 N–H and O–H groups in total. The third kappa shape index (κ3) is 3.56. The number of rotatable bonds is 5. The molecule has 1 aliphatic rings. The summed E-state index contributed by atoms with van der Waals surface area (Å²) in [6, 6.07) is 11.5. The van der Waals surface area contributed by atoms with Crippen LogP contribution in [0.2, 0.25) is 0 Å². The summed E-state index contributed by atoms with van der Waals surface area (Å²) in [6.07, 6.45) is 0.287. The van der Waals surface area contributed by atoms with E-state index in [4.69, 9.17) is 14.2 Å². The van der Waals surface area contributed by atoms with Crippen LogP contribution < -0.4 is 19.5 Å². The Balaban J connectivity index is 1.61. The number of aryl methyl sites for hydroxylation is 1. The molecule has 23 heavy (non-hydrogen) atoms. The Labute approximate surface area is 135 Å². The van der Waals surface area contributed by atoms with Crippen molar-refractivity contribution < 1.29 is 19.0 Å². The molecular formula is C18H19NO4. The van der Waals surface area contributed by atoms with Gasteiger partial charge in [0.05, 0.1) is 13.5 Å². The number of hydrogen-bond acceptors (Lipinski definition) is 4. The Kier molecular flexibility index (Phi) is 4.37. The van der Waals surface area contributed by atoms with Crippen molar-refractivity contribution in [1.29, 1.82) is 0 Å². The number of methoxy groups -OCH3 is 1. The summed E-state index contributed by atoms with van der Waals surface area (Å²) in [5.74, 6) is 2.14. The average Bonchev–Trinajstić information content (AvgIpc) is 3.01. The van der Waals surface area contributed by atoms with Crippen LogP contribution in [-0.2, 0) is 17.8 Å². The van der Waals surface area contributed by atoms with E-state index < -0.39 is 0 Å². The topological polar surface area (TPSA) is 56.8 Å². The molecule has 0 bridgehead atoms. The van der Waals surface area contributed by atoms with Gasteiger partial charge in [0.15, 0.2) is 11.5 Å². The highest BCUT2D eigenvalue weighted by atomic mass is 16.7. The first-order chi connectivity index (χ1) is 11.2. The second kappa shape index (κ2) is 6.60. The third-order valence-corrected chi connectivity index (χ3v) is 3.71. The summed E-state index contributed by atoms with van der Waals surface area (Å²) >= 11 is 0. The summed E-state index contributed by atoms with van der Waals surface area (Å²) in [6.45, 7) is 2.69. The minimum absolute atomic E-state index is 0.0495. The lowest BCUT2D eigenvalue weighted by Crippen LogP contribution is -2.24. The number of fused-ring (bicyclic) bond motifs is 1. The van der Waals surface area contributed by atoms with Gasteiger partial charge in [-0.1, -0.05) is 23.8 Å². The Morgan fingerprint density at radius 2 is 2.00 bits per heavy atom. The largest absolute Gasteiger partial charge is 0.496 e. The molecule has 2 aromatic carbocycles. The molecule has 0 aliphatic carbocycles. The SMILES string of the molecule is COc1ccc(C)cc1CC(=O)NCc1ccc2c(c1)OCO2. The molecule has 2 aromatic rings. The third-order valence-electron chi connectivity index (χ3n) is 3.71. The quantitative estimate of drug-likeness (QED) is 0.922. The highest BCUT2D eigenvalue weighted by Gasteiger charge is 2.14. The lowest BCUT2D eigenvalue weighted by Gasteiger charge is -2.10. The molecule has 0 atom stereocenters. The molecule has 0 unspecified atom stereocenters. The molecule has 0 saturated heterocycles. The van der Waals surface area contributed by atoms with Crippen molar-refractivity contribution in [3.63, 3.8) is 0 Å². The van der Waals surface area contributed by atoms with Crippen LogP contribution in [-0.4, -0.2) is 19.8 Å². The zero-order valence-electron chi connectivity index (χ0n) is 13.2. The number of benzene rings is 2. The van der Waals surface area contributed by atoms with Gasteiger partial charge in [0.25, 0.3) is 0 Å². The Morgan fingerprint density at radius 3 is 2.83 bits per heavy atom. The Hall–Kier alpha value is -2.69. The van der Waals surface area contributed by atoms with Crippen molar-refractivity contribution in [3.05, 3.63) is 53.1 Å². The number of carbonyl (C=O) groups is 1.